The van der Waals surface area contributed by atoms with Crippen molar-refractivity contribution in [3.63, 3.8) is 0 Å². The Balaban J connectivity index is 2.20. The van der Waals surface area contributed by atoms with Gasteiger partial charge in [-0.1, -0.05) is 0 Å². The summed E-state index contributed by atoms with van der Waals surface area (Å²) in [7, 11) is 0. The summed E-state index contributed by atoms with van der Waals surface area (Å²) >= 11 is 4.08. The zero-order chi connectivity index (χ0) is 12.4. The van der Waals surface area contributed by atoms with Gasteiger partial charge in [-0.2, -0.15) is 0 Å². The molecule has 90 valence electrons. The van der Waals surface area contributed by atoms with Gasteiger partial charge in [0.1, 0.15) is 12.1 Å². The third-order valence-electron chi connectivity index (χ3n) is 2.57. The minimum absolute atomic E-state index is 0.267. The molecule has 3 nitrogen and oxygen atoms in total. The molecule has 0 aromatic carbocycles. The van der Waals surface area contributed by atoms with Crippen molar-refractivity contribution in [1.82, 2.24) is 9.97 Å². The van der Waals surface area contributed by atoms with Crippen LogP contribution < -0.4 is 5.32 Å². The zero-order valence-electron chi connectivity index (χ0n) is 9.99. The molecule has 0 radical (unpaired) electrons. The summed E-state index contributed by atoms with van der Waals surface area (Å²) in [5.41, 5.74) is 1.35. The number of anilines is 1. The SMILES string of the molecule is Cc1cc(C(C)Nc2ncncc2I)c(C)s1. The van der Waals surface area contributed by atoms with Crippen molar-refractivity contribution in [2.45, 2.75) is 26.8 Å². The standard InChI is InChI=1S/C12H14IN3S/c1-7-4-10(9(3)17-7)8(2)16-12-11(13)5-14-6-15-12/h4-6,8H,1-3H3,(H,14,15,16). The predicted octanol–water partition coefficient (Wildman–Crippen LogP) is 3.93. The highest BCUT2D eigenvalue weighted by molar-refractivity contribution is 14.1. The zero-order valence-corrected chi connectivity index (χ0v) is 13.0. The Labute approximate surface area is 119 Å². The summed E-state index contributed by atoms with van der Waals surface area (Å²) in [6.45, 7) is 6.46. The Morgan fingerprint density at radius 1 is 1.41 bits per heavy atom. The van der Waals surface area contributed by atoms with E-state index >= 15 is 0 Å². The molecule has 2 aromatic rings. The van der Waals surface area contributed by atoms with Gasteiger partial charge in [0.05, 0.1) is 9.61 Å². The summed E-state index contributed by atoms with van der Waals surface area (Å²) in [4.78, 5) is 11.0. The van der Waals surface area contributed by atoms with Gasteiger partial charge in [0.15, 0.2) is 0 Å². The van der Waals surface area contributed by atoms with Gasteiger partial charge in [0, 0.05) is 16.0 Å². The number of halogens is 1. The maximum atomic E-state index is 4.25. The summed E-state index contributed by atoms with van der Waals surface area (Å²) in [6.07, 6.45) is 3.39. The molecule has 1 N–H and O–H groups in total. The maximum absolute atomic E-state index is 4.25. The monoisotopic (exact) mass is 359 g/mol. The lowest BCUT2D eigenvalue weighted by molar-refractivity contribution is 0.867. The quantitative estimate of drug-likeness (QED) is 0.844. The summed E-state index contributed by atoms with van der Waals surface area (Å²) in [6, 6.07) is 2.51. The van der Waals surface area contributed by atoms with Gasteiger partial charge in [0.2, 0.25) is 0 Å². The van der Waals surface area contributed by atoms with Crippen molar-refractivity contribution in [2.75, 3.05) is 5.32 Å². The van der Waals surface area contributed by atoms with Crippen LogP contribution in [-0.4, -0.2) is 9.97 Å². The molecule has 1 atom stereocenters. The van der Waals surface area contributed by atoms with Gasteiger partial charge in [-0.05, 0) is 55.0 Å². The van der Waals surface area contributed by atoms with Crippen molar-refractivity contribution in [2.24, 2.45) is 0 Å². The van der Waals surface area contributed by atoms with Crippen LogP contribution in [-0.2, 0) is 0 Å². The maximum Gasteiger partial charge on any atom is 0.143 e. The van der Waals surface area contributed by atoms with E-state index in [0.29, 0.717) is 0 Å². The van der Waals surface area contributed by atoms with Crippen LogP contribution >= 0.6 is 33.9 Å². The van der Waals surface area contributed by atoms with Crippen LogP contribution in [0.4, 0.5) is 5.82 Å². The lowest BCUT2D eigenvalue weighted by atomic mass is 10.1. The first-order valence-electron chi connectivity index (χ1n) is 5.37. The van der Waals surface area contributed by atoms with Crippen molar-refractivity contribution < 1.29 is 0 Å². The second kappa shape index (κ2) is 5.30. The first-order chi connectivity index (χ1) is 8.08. The number of hydrogen-bond donors (Lipinski definition) is 1. The van der Waals surface area contributed by atoms with Gasteiger partial charge in [-0.15, -0.1) is 11.3 Å². The fraction of sp³-hybridized carbons (Fsp3) is 0.333. The second-order valence-corrected chi connectivity index (χ2v) is 6.58. The number of rotatable bonds is 3. The van der Waals surface area contributed by atoms with Crippen molar-refractivity contribution in [3.8, 4) is 0 Å². The fourth-order valence-electron chi connectivity index (χ4n) is 1.78. The van der Waals surface area contributed by atoms with Crippen LogP contribution in [0.3, 0.4) is 0 Å². The first-order valence-corrected chi connectivity index (χ1v) is 7.26. The fourth-order valence-corrected chi connectivity index (χ4v) is 3.26. The minimum atomic E-state index is 0.267. The van der Waals surface area contributed by atoms with Crippen molar-refractivity contribution in [1.29, 1.82) is 0 Å². The molecule has 2 aromatic heterocycles. The van der Waals surface area contributed by atoms with Crippen LogP contribution in [0.25, 0.3) is 0 Å². The molecule has 0 spiro atoms. The van der Waals surface area contributed by atoms with E-state index in [1.807, 2.05) is 17.5 Å². The Morgan fingerprint density at radius 2 is 2.18 bits per heavy atom. The molecule has 0 aliphatic heterocycles. The average Bonchev–Trinajstić information content (AvgIpc) is 2.61. The number of hydrogen-bond acceptors (Lipinski definition) is 4. The minimum Gasteiger partial charge on any atom is -0.363 e. The molecule has 0 saturated carbocycles. The number of thiophene rings is 1. The molecule has 0 fully saturated rings. The van der Waals surface area contributed by atoms with Gasteiger partial charge in [-0.3, -0.25) is 0 Å². The number of aryl methyl sites for hydroxylation is 2. The molecule has 2 rings (SSSR count). The van der Waals surface area contributed by atoms with E-state index in [9.17, 15) is 0 Å². The van der Waals surface area contributed by atoms with Crippen molar-refractivity contribution in [3.05, 3.63) is 37.5 Å². The molecule has 17 heavy (non-hydrogen) atoms. The lowest BCUT2D eigenvalue weighted by Gasteiger charge is -2.15. The Bertz CT molecular complexity index is 524. The highest BCUT2D eigenvalue weighted by atomic mass is 127. The van der Waals surface area contributed by atoms with E-state index < -0.39 is 0 Å². The summed E-state index contributed by atoms with van der Waals surface area (Å²) in [5, 5.41) is 3.43. The van der Waals surface area contributed by atoms with E-state index in [0.717, 1.165) is 9.39 Å². The third-order valence-corrected chi connectivity index (χ3v) is 4.34. The third kappa shape index (κ3) is 2.95. The van der Waals surface area contributed by atoms with Crippen molar-refractivity contribution >= 4 is 39.7 Å². The first kappa shape index (κ1) is 12.8. The Morgan fingerprint density at radius 3 is 2.76 bits per heavy atom. The van der Waals surface area contributed by atoms with E-state index in [2.05, 4.69) is 64.7 Å². The smallest absolute Gasteiger partial charge is 0.143 e. The van der Waals surface area contributed by atoms with E-state index in [-0.39, 0.29) is 6.04 Å². The summed E-state index contributed by atoms with van der Waals surface area (Å²) < 4.78 is 1.04. The van der Waals surface area contributed by atoms with Gasteiger partial charge in [-0.25, -0.2) is 9.97 Å². The molecule has 0 saturated heterocycles. The highest BCUT2D eigenvalue weighted by Crippen LogP contribution is 2.28. The van der Waals surface area contributed by atoms with Crippen LogP contribution in [0, 0.1) is 17.4 Å². The van der Waals surface area contributed by atoms with Crippen LogP contribution in [0.1, 0.15) is 28.3 Å². The average molecular weight is 359 g/mol. The van der Waals surface area contributed by atoms with Gasteiger partial charge < -0.3 is 5.32 Å². The number of aromatic nitrogens is 2. The largest absolute Gasteiger partial charge is 0.363 e. The van der Waals surface area contributed by atoms with Crippen LogP contribution in [0.15, 0.2) is 18.6 Å². The topological polar surface area (TPSA) is 37.8 Å². The summed E-state index contributed by atoms with van der Waals surface area (Å²) in [5.74, 6) is 0.899. The molecule has 5 heteroatoms. The molecular weight excluding hydrogens is 345 g/mol. The predicted molar refractivity (Wildman–Crippen MR) is 80.6 cm³/mol. The van der Waals surface area contributed by atoms with Crippen LogP contribution in [0.2, 0.25) is 0 Å². The Kier molecular flexibility index (Phi) is 3.98. The Hall–Kier alpha value is -0.690. The molecule has 0 aliphatic carbocycles. The van der Waals surface area contributed by atoms with E-state index in [4.69, 9.17) is 0 Å². The normalized spacial score (nSPS) is 12.5. The molecular formula is C12H14IN3S. The van der Waals surface area contributed by atoms with E-state index in [1.54, 1.807) is 6.33 Å². The number of nitrogens with zero attached hydrogens (tertiary/aromatic N) is 2. The van der Waals surface area contributed by atoms with E-state index in [1.165, 1.54) is 15.3 Å². The van der Waals surface area contributed by atoms with Gasteiger partial charge in [0.25, 0.3) is 0 Å². The van der Waals surface area contributed by atoms with Crippen LogP contribution in [0.5, 0.6) is 0 Å². The number of nitrogens with one attached hydrogen (secondary N) is 1. The molecule has 0 bridgehead atoms. The van der Waals surface area contributed by atoms with Gasteiger partial charge >= 0.3 is 0 Å². The second-order valence-electron chi connectivity index (χ2n) is 3.95. The highest BCUT2D eigenvalue weighted by Gasteiger charge is 2.12. The molecule has 0 amide bonds. The lowest BCUT2D eigenvalue weighted by Crippen LogP contribution is -2.09. The molecule has 2 heterocycles. The molecule has 1 unspecified atom stereocenters. The molecule has 0 aliphatic rings.